The van der Waals surface area contributed by atoms with E-state index in [-0.39, 0.29) is 0 Å². The molecule has 0 fully saturated rings. The molecule has 0 aliphatic heterocycles. The van der Waals surface area contributed by atoms with Crippen LogP contribution in [0.4, 0.5) is 5.69 Å². The van der Waals surface area contributed by atoms with Crippen LogP contribution < -0.4 is 5.32 Å². The SMILES string of the molecule is CSCCNc1ccc(C)c(Cl)c1. The number of hydrogen-bond donors (Lipinski definition) is 1. The van der Waals surface area contributed by atoms with Crippen LogP contribution in [-0.2, 0) is 0 Å². The highest BCUT2D eigenvalue weighted by Crippen LogP contribution is 2.19. The summed E-state index contributed by atoms with van der Waals surface area (Å²) in [6.07, 6.45) is 2.10. The minimum atomic E-state index is 0.828. The molecule has 0 aliphatic carbocycles. The second kappa shape index (κ2) is 5.40. The molecule has 1 N–H and O–H groups in total. The number of rotatable bonds is 4. The van der Waals surface area contributed by atoms with Crippen molar-refractivity contribution in [1.29, 1.82) is 0 Å². The molecule has 1 nitrogen and oxygen atoms in total. The average molecular weight is 216 g/mol. The zero-order valence-corrected chi connectivity index (χ0v) is 9.50. The Kier molecular flexibility index (Phi) is 4.46. The van der Waals surface area contributed by atoms with Gasteiger partial charge in [0.1, 0.15) is 0 Å². The highest BCUT2D eigenvalue weighted by atomic mass is 35.5. The Bertz CT molecular complexity index is 276. The zero-order chi connectivity index (χ0) is 9.68. The Balaban J connectivity index is 2.53. The fraction of sp³-hybridized carbons (Fsp3) is 0.400. The number of halogens is 1. The maximum absolute atomic E-state index is 5.98. The highest BCUT2D eigenvalue weighted by Gasteiger charge is 1.96. The molecule has 0 amide bonds. The Morgan fingerprint density at radius 3 is 2.85 bits per heavy atom. The smallest absolute Gasteiger partial charge is 0.0455 e. The van der Waals surface area contributed by atoms with E-state index in [9.17, 15) is 0 Å². The molecule has 0 saturated carbocycles. The molecule has 0 saturated heterocycles. The molecule has 0 radical (unpaired) electrons. The summed E-state index contributed by atoms with van der Waals surface area (Å²) in [5.41, 5.74) is 2.22. The molecule has 0 atom stereocenters. The summed E-state index contributed by atoms with van der Waals surface area (Å²) in [7, 11) is 0. The lowest BCUT2D eigenvalue weighted by atomic mass is 10.2. The highest BCUT2D eigenvalue weighted by molar-refractivity contribution is 7.98. The minimum absolute atomic E-state index is 0.828. The normalized spacial score (nSPS) is 10.1. The Morgan fingerprint density at radius 1 is 1.46 bits per heavy atom. The fourth-order valence-electron chi connectivity index (χ4n) is 1.00. The first-order valence-electron chi connectivity index (χ1n) is 4.23. The van der Waals surface area contributed by atoms with Gasteiger partial charge in [-0.3, -0.25) is 0 Å². The molecule has 0 heterocycles. The third-order valence-electron chi connectivity index (χ3n) is 1.81. The van der Waals surface area contributed by atoms with Gasteiger partial charge in [-0.1, -0.05) is 17.7 Å². The van der Waals surface area contributed by atoms with Gasteiger partial charge in [-0.2, -0.15) is 11.8 Å². The Labute approximate surface area is 88.9 Å². The van der Waals surface area contributed by atoms with Gasteiger partial charge in [-0.05, 0) is 30.9 Å². The molecule has 13 heavy (non-hydrogen) atoms. The van der Waals surface area contributed by atoms with E-state index in [0.717, 1.165) is 28.6 Å². The first-order chi connectivity index (χ1) is 6.24. The van der Waals surface area contributed by atoms with Crippen molar-refractivity contribution in [3.05, 3.63) is 28.8 Å². The van der Waals surface area contributed by atoms with Crippen molar-refractivity contribution < 1.29 is 0 Å². The molecule has 0 unspecified atom stereocenters. The van der Waals surface area contributed by atoms with Crippen molar-refractivity contribution in [2.24, 2.45) is 0 Å². The summed E-state index contributed by atoms with van der Waals surface area (Å²) in [5.74, 6) is 1.12. The van der Waals surface area contributed by atoms with Gasteiger partial charge in [0.2, 0.25) is 0 Å². The van der Waals surface area contributed by atoms with Gasteiger partial charge in [0.25, 0.3) is 0 Å². The van der Waals surface area contributed by atoms with Crippen molar-refractivity contribution in [3.63, 3.8) is 0 Å². The summed E-state index contributed by atoms with van der Waals surface area (Å²) in [5, 5.41) is 4.14. The second-order valence-electron chi connectivity index (χ2n) is 2.88. The van der Waals surface area contributed by atoms with E-state index < -0.39 is 0 Å². The van der Waals surface area contributed by atoms with Gasteiger partial charge in [0.15, 0.2) is 0 Å². The molecule has 0 bridgehead atoms. The topological polar surface area (TPSA) is 12.0 Å². The third kappa shape index (κ3) is 3.49. The lowest BCUT2D eigenvalue weighted by molar-refractivity contribution is 1.23. The predicted octanol–water partition coefficient (Wildman–Crippen LogP) is 3.42. The maximum Gasteiger partial charge on any atom is 0.0455 e. The van der Waals surface area contributed by atoms with Crippen molar-refractivity contribution >= 4 is 29.1 Å². The molecular formula is C10H14ClNS. The predicted molar refractivity (Wildman–Crippen MR) is 63.1 cm³/mol. The molecule has 0 aliphatic rings. The van der Waals surface area contributed by atoms with E-state index in [2.05, 4.69) is 17.6 Å². The lowest BCUT2D eigenvalue weighted by Crippen LogP contribution is -2.03. The van der Waals surface area contributed by atoms with Crippen LogP contribution in [0, 0.1) is 6.92 Å². The van der Waals surface area contributed by atoms with Gasteiger partial charge < -0.3 is 5.32 Å². The second-order valence-corrected chi connectivity index (χ2v) is 4.28. The zero-order valence-electron chi connectivity index (χ0n) is 7.93. The molecule has 3 heteroatoms. The number of hydrogen-bond acceptors (Lipinski definition) is 2. The summed E-state index contributed by atoms with van der Waals surface area (Å²) >= 11 is 7.81. The van der Waals surface area contributed by atoms with Crippen LogP contribution in [0.25, 0.3) is 0 Å². The summed E-state index contributed by atoms with van der Waals surface area (Å²) in [6, 6.07) is 6.06. The molecule has 72 valence electrons. The molecule has 1 aromatic rings. The number of nitrogens with one attached hydrogen (secondary N) is 1. The van der Waals surface area contributed by atoms with Crippen molar-refractivity contribution in [2.75, 3.05) is 23.9 Å². The Hall–Kier alpha value is -0.340. The van der Waals surface area contributed by atoms with Crippen molar-refractivity contribution in [3.8, 4) is 0 Å². The van der Waals surface area contributed by atoms with Gasteiger partial charge in [0, 0.05) is 23.0 Å². The molecule has 0 aromatic heterocycles. The standard InChI is InChI=1S/C10H14ClNS/c1-8-3-4-9(7-10(8)11)12-5-6-13-2/h3-4,7,12H,5-6H2,1-2H3. The third-order valence-corrected chi connectivity index (χ3v) is 2.83. The first kappa shape index (κ1) is 10.7. The van der Waals surface area contributed by atoms with Crippen LogP contribution in [-0.4, -0.2) is 18.6 Å². The van der Waals surface area contributed by atoms with Crippen LogP contribution in [0.3, 0.4) is 0 Å². The van der Waals surface area contributed by atoms with Gasteiger partial charge in [-0.25, -0.2) is 0 Å². The number of thioether (sulfide) groups is 1. The quantitative estimate of drug-likeness (QED) is 0.773. The van der Waals surface area contributed by atoms with E-state index in [1.807, 2.05) is 30.8 Å². The average Bonchev–Trinajstić information content (AvgIpc) is 2.12. The summed E-state index contributed by atoms with van der Waals surface area (Å²) in [4.78, 5) is 0. The molecule has 1 aromatic carbocycles. The monoisotopic (exact) mass is 215 g/mol. The van der Waals surface area contributed by atoms with Gasteiger partial charge in [-0.15, -0.1) is 0 Å². The van der Waals surface area contributed by atoms with Crippen LogP contribution in [0.5, 0.6) is 0 Å². The van der Waals surface area contributed by atoms with Crippen LogP contribution >= 0.6 is 23.4 Å². The maximum atomic E-state index is 5.98. The Morgan fingerprint density at radius 2 is 2.23 bits per heavy atom. The van der Waals surface area contributed by atoms with Gasteiger partial charge in [0.05, 0.1) is 0 Å². The van der Waals surface area contributed by atoms with Crippen molar-refractivity contribution in [2.45, 2.75) is 6.92 Å². The largest absolute Gasteiger partial charge is 0.384 e. The van der Waals surface area contributed by atoms with E-state index in [4.69, 9.17) is 11.6 Å². The summed E-state index contributed by atoms with van der Waals surface area (Å²) in [6.45, 7) is 2.99. The number of benzene rings is 1. The van der Waals surface area contributed by atoms with E-state index in [1.165, 1.54) is 0 Å². The summed E-state index contributed by atoms with van der Waals surface area (Å²) < 4.78 is 0. The van der Waals surface area contributed by atoms with E-state index in [1.54, 1.807) is 0 Å². The first-order valence-corrected chi connectivity index (χ1v) is 6.00. The molecular weight excluding hydrogens is 202 g/mol. The lowest BCUT2D eigenvalue weighted by Gasteiger charge is -2.06. The molecule has 0 spiro atoms. The fourth-order valence-corrected chi connectivity index (χ4v) is 1.49. The van der Waals surface area contributed by atoms with Crippen LogP contribution in [0.15, 0.2) is 18.2 Å². The van der Waals surface area contributed by atoms with E-state index >= 15 is 0 Å². The van der Waals surface area contributed by atoms with Crippen LogP contribution in [0.1, 0.15) is 5.56 Å². The van der Waals surface area contributed by atoms with Crippen LogP contribution in [0.2, 0.25) is 5.02 Å². The number of aryl methyl sites for hydroxylation is 1. The molecule has 1 rings (SSSR count). The van der Waals surface area contributed by atoms with Gasteiger partial charge >= 0.3 is 0 Å². The van der Waals surface area contributed by atoms with E-state index in [0.29, 0.717) is 0 Å². The minimum Gasteiger partial charge on any atom is -0.384 e. The van der Waals surface area contributed by atoms with Crippen molar-refractivity contribution in [1.82, 2.24) is 0 Å². The number of anilines is 1.